The lowest BCUT2D eigenvalue weighted by Gasteiger charge is -2.09. The number of halogens is 2. The number of carboxylic acid groups (broad SMARTS) is 1. The summed E-state index contributed by atoms with van der Waals surface area (Å²) in [6.45, 7) is 0. The molecule has 0 spiro atoms. The molecule has 0 unspecified atom stereocenters. The molecule has 0 fully saturated rings. The van der Waals surface area contributed by atoms with Crippen molar-refractivity contribution in [2.45, 2.75) is 0 Å². The maximum atomic E-state index is 12.1. The van der Waals surface area contributed by atoms with Crippen LogP contribution in [0.15, 0.2) is 24.3 Å². The van der Waals surface area contributed by atoms with Crippen LogP contribution in [-0.4, -0.2) is 26.7 Å². The van der Waals surface area contributed by atoms with E-state index in [0.29, 0.717) is 0 Å². The molecule has 1 aromatic carbocycles. The minimum absolute atomic E-state index is 0.0201. The van der Waals surface area contributed by atoms with Crippen molar-refractivity contribution in [3.63, 3.8) is 0 Å². The number of amides is 1. The number of carbonyl (C=O) groups is 2. The molecule has 0 saturated heterocycles. The second-order valence-corrected chi connectivity index (χ2v) is 4.95. The predicted molar refractivity (Wildman–Crippen MR) is 78.5 cm³/mol. The Morgan fingerprint density at radius 1 is 1.29 bits per heavy atom. The number of hydrogen-bond donors (Lipinski definition) is 3. The third-order valence-electron chi connectivity index (χ3n) is 2.86. The molecule has 1 amide bonds. The Balaban J connectivity index is 2.34. The van der Waals surface area contributed by atoms with E-state index in [2.05, 4.69) is 5.32 Å². The number of nitrogens with zero attached hydrogens (tertiary/aromatic N) is 1. The van der Waals surface area contributed by atoms with Crippen molar-refractivity contribution in [3.8, 4) is 5.75 Å². The summed E-state index contributed by atoms with van der Waals surface area (Å²) in [6.07, 6.45) is 0. The van der Waals surface area contributed by atoms with E-state index in [0.717, 1.165) is 0 Å². The fourth-order valence-electron chi connectivity index (χ4n) is 1.76. The van der Waals surface area contributed by atoms with Gasteiger partial charge in [-0.1, -0.05) is 29.3 Å². The number of benzene rings is 1. The molecule has 6 nitrogen and oxygen atoms in total. The number of para-hydroxylation sites is 1. The molecule has 2 rings (SSSR count). The summed E-state index contributed by atoms with van der Waals surface area (Å²) >= 11 is 11.7. The smallest absolute Gasteiger partial charge is 0.339 e. The topological polar surface area (TPSA) is 91.6 Å². The minimum atomic E-state index is -1.30. The summed E-state index contributed by atoms with van der Waals surface area (Å²) in [5.41, 5.74) is -0.158. The molecule has 0 radical (unpaired) electrons. The van der Waals surface area contributed by atoms with E-state index in [1.165, 1.54) is 28.8 Å². The average Bonchev–Trinajstić information content (AvgIpc) is 2.68. The van der Waals surface area contributed by atoms with Gasteiger partial charge in [0.05, 0.1) is 10.7 Å². The summed E-state index contributed by atoms with van der Waals surface area (Å²) in [5, 5.41) is 21.6. The fourth-order valence-corrected chi connectivity index (χ4v) is 2.14. The summed E-state index contributed by atoms with van der Waals surface area (Å²) in [6, 6.07) is 5.39. The highest BCUT2D eigenvalue weighted by Gasteiger charge is 2.19. The van der Waals surface area contributed by atoms with E-state index in [9.17, 15) is 14.7 Å². The van der Waals surface area contributed by atoms with Gasteiger partial charge in [0.15, 0.2) is 5.75 Å². The zero-order valence-electron chi connectivity index (χ0n) is 10.7. The number of aromatic nitrogens is 1. The molecule has 3 N–H and O–H groups in total. The van der Waals surface area contributed by atoms with E-state index in [-0.39, 0.29) is 27.1 Å². The first-order chi connectivity index (χ1) is 9.82. The van der Waals surface area contributed by atoms with Crippen molar-refractivity contribution in [3.05, 3.63) is 45.7 Å². The molecule has 0 aliphatic rings. The molecular weight excluding hydrogens is 319 g/mol. The third-order valence-corrected chi connectivity index (χ3v) is 3.71. The lowest BCUT2D eigenvalue weighted by atomic mass is 10.1. The van der Waals surface area contributed by atoms with Gasteiger partial charge < -0.3 is 20.1 Å². The Bertz CT molecular complexity index is 740. The van der Waals surface area contributed by atoms with Gasteiger partial charge in [-0.25, -0.2) is 4.79 Å². The molecule has 0 atom stereocenters. The van der Waals surface area contributed by atoms with Gasteiger partial charge in [-0.05, 0) is 18.2 Å². The van der Waals surface area contributed by atoms with Gasteiger partial charge in [0, 0.05) is 7.05 Å². The largest absolute Gasteiger partial charge is 0.505 e. The molecule has 0 saturated carbocycles. The van der Waals surface area contributed by atoms with Crippen molar-refractivity contribution in [2.24, 2.45) is 7.05 Å². The lowest BCUT2D eigenvalue weighted by Crippen LogP contribution is -2.16. The monoisotopic (exact) mass is 328 g/mol. The number of nitrogens with one attached hydrogen (secondary N) is 1. The van der Waals surface area contributed by atoms with Gasteiger partial charge in [0.25, 0.3) is 5.91 Å². The number of hydrogen-bond acceptors (Lipinski definition) is 3. The van der Waals surface area contributed by atoms with Crippen LogP contribution < -0.4 is 5.32 Å². The molecular formula is C13H10Cl2N2O4. The molecule has 2 aromatic rings. The van der Waals surface area contributed by atoms with Crippen molar-refractivity contribution in [1.82, 2.24) is 4.57 Å². The van der Waals surface area contributed by atoms with Crippen LogP contribution in [0.1, 0.15) is 20.8 Å². The second-order valence-electron chi connectivity index (χ2n) is 4.19. The summed E-state index contributed by atoms with van der Waals surface area (Å²) in [4.78, 5) is 23.0. The number of phenols is 1. The number of anilines is 1. The maximum Gasteiger partial charge on any atom is 0.339 e. The number of aromatic carboxylic acids is 1. The second kappa shape index (κ2) is 5.67. The Kier molecular flexibility index (Phi) is 4.11. The van der Waals surface area contributed by atoms with Crippen LogP contribution in [0.25, 0.3) is 0 Å². The van der Waals surface area contributed by atoms with Crippen LogP contribution in [0.3, 0.4) is 0 Å². The molecule has 0 aliphatic heterocycles. The van der Waals surface area contributed by atoms with Crippen molar-refractivity contribution < 1.29 is 19.8 Å². The van der Waals surface area contributed by atoms with E-state index in [1.807, 2.05) is 0 Å². The van der Waals surface area contributed by atoms with Crippen LogP contribution in [0.2, 0.25) is 10.2 Å². The van der Waals surface area contributed by atoms with Gasteiger partial charge in [-0.2, -0.15) is 0 Å². The first kappa shape index (κ1) is 15.2. The molecule has 1 heterocycles. The van der Waals surface area contributed by atoms with Gasteiger partial charge in [0.1, 0.15) is 16.4 Å². The zero-order chi connectivity index (χ0) is 15.7. The Morgan fingerprint density at radius 3 is 2.48 bits per heavy atom. The van der Waals surface area contributed by atoms with Crippen molar-refractivity contribution in [2.75, 3.05) is 5.32 Å². The molecule has 1 aromatic heterocycles. The Hall–Kier alpha value is -2.18. The lowest BCUT2D eigenvalue weighted by molar-refractivity contribution is 0.0693. The van der Waals surface area contributed by atoms with E-state index in [4.69, 9.17) is 28.3 Å². The number of carbonyl (C=O) groups excluding carboxylic acids is 1. The molecule has 0 aliphatic carbocycles. The standard InChI is InChI=1S/C13H10Cl2N2O4/c1-17-9(5-7(14)11(17)15)12(19)16-8-4-2-3-6(10(8)18)13(20)21/h2-5,18H,1H3,(H,16,19)(H,20,21). The highest BCUT2D eigenvalue weighted by atomic mass is 35.5. The highest BCUT2D eigenvalue weighted by Crippen LogP contribution is 2.29. The SMILES string of the molecule is Cn1c(C(=O)Nc2cccc(C(=O)O)c2O)cc(Cl)c1Cl. The van der Waals surface area contributed by atoms with E-state index < -0.39 is 17.6 Å². The van der Waals surface area contributed by atoms with Gasteiger partial charge in [-0.15, -0.1) is 0 Å². The molecule has 110 valence electrons. The van der Waals surface area contributed by atoms with Gasteiger partial charge >= 0.3 is 5.97 Å². The summed E-state index contributed by atoms with van der Waals surface area (Å²) in [7, 11) is 1.55. The maximum absolute atomic E-state index is 12.1. The summed E-state index contributed by atoms with van der Waals surface area (Å²) in [5.74, 6) is -2.40. The van der Waals surface area contributed by atoms with E-state index >= 15 is 0 Å². The number of carboxylic acids is 1. The van der Waals surface area contributed by atoms with Gasteiger partial charge in [0.2, 0.25) is 0 Å². The fraction of sp³-hybridized carbons (Fsp3) is 0.0769. The number of aromatic hydroxyl groups is 1. The van der Waals surface area contributed by atoms with Crippen LogP contribution in [0.4, 0.5) is 5.69 Å². The number of rotatable bonds is 3. The third kappa shape index (κ3) is 2.81. The zero-order valence-corrected chi connectivity index (χ0v) is 12.2. The predicted octanol–water partition coefficient (Wildman–Crippen LogP) is 2.99. The minimum Gasteiger partial charge on any atom is -0.505 e. The Labute approximate surface area is 129 Å². The average molecular weight is 329 g/mol. The van der Waals surface area contributed by atoms with Crippen LogP contribution in [0.5, 0.6) is 5.75 Å². The highest BCUT2D eigenvalue weighted by molar-refractivity contribution is 6.42. The van der Waals surface area contributed by atoms with Crippen LogP contribution >= 0.6 is 23.2 Å². The van der Waals surface area contributed by atoms with Crippen molar-refractivity contribution in [1.29, 1.82) is 0 Å². The quantitative estimate of drug-likeness (QED) is 0.755. The van der Waals surface area contributed by atoms with Gasteiger partial charge in [-0.3, -0.25) is 4.79 Å². The first-order valence-corrected chi connectivity index (χ1v) is 6.46. The van der Waals surface area contributed by atoms with Crippen LogP contribution in [-0.2, 0) is 7.05 Å². The van der Waals surface area contributed by atoms with Crippen molar-refractivity contribution >= 4 is 40.8 Å². The normalized spacial score (nSPS) is 10.4. The van der Waals surface area contributed by atoms with E-state index in [1.54, 1.807) is 7.05 Å². The first-order valence-electron chi connectivity index (χ1n) is 5.70. The summed E-state index contributed by atoms with van der Waals surface area (Å²) < 4.78 is 1.37. The molecule has 8 heteroatoms. The Morgan fingerprint density at radius 2 is 1.95 bits per heavy atom. The molecule has 0 bridgehead atoms. The molecule has 21 heavy (non-hydrogen) atoms. The van der Waals surface area contributed by atoms with Crippen LogP contribution in [0, 0.1) is 0 Å².